The Bertz CT molecular complexity index is 191. The van der Waals surface area contributed by atoms with Crippen molar-refractivity contribution >= 4 is 0 Å². The molecule has 0 aliphatic heterocycles. The third kappa shape index (κ3) is 3.44. The van der Waals surface area contributed by atoms with E-state index in [0.29, 0.717) is 13.0 Å². The van der Waals surface area contributed by atoms with Crippen LogP contribution in [0, 0.1) is 0 Å². The van der Waals surface area contributed by atoms with Gasteiger partial charge < -0.3 is 14.6 Å². The van der Waals surface area contributed by atoms with E-state index in [4.69, 9.17) is 9.47 Å². The van der Waals surface area contributed by atoms with Crippen molar-refractivity contribution < 1.29 is 14.6 Å². The van der Waals surface area contributed by atoms with E-state index >= 15 is 0 Å². The average molecular weight is 216 g/mol. The lowest BCUT2D eigenvalue weighted by Gasteiger charge is -2.44. The van der Waals surface area contributed by atoms with Crippen LogP contribution in [0.5, 0.6) is 0 Å². The number of aliphatic hydroxyl groups is 1. The topological polar surface area (TPSA) is 38.7 Å². The summed E-state index contributed by atoms with van der Waals surface area (Å²) in [5.41, 5.74) is -0.112. The summed E-state index contributed by atoms with van der Waals surface area (Å²) in [6, 6.07) is 0. The maximum atomic E-state index is 9.57. The van der Waals surface area contributed by atoms with Crippen LogP contribution in [-0.2, 0) is 9.47 Å². The van der Waals surface area contributed by atoms with Gasteiger partial charge >= 0.3 is 0 Å². The van der Waals surface area contributed by atoms with Gasteiger partial charge in [0.15, 0.2) is 0 Å². The first kappa shape index (κ1) is 12.9. The van der Waals surface area contributed by atoms with Crippen LogP contribution in [-0.4, -0.2) is 35.6 Å². The summed E-state index contributed by atoms with van der Waals surface area (Å²) in [4.78, 5) is 0. The minimum Gasteiger partial charge on any atom is -0.390 e. The molecule has 0 heterocycles. The molecule has 1 rings (SSSR count). The lowest BCUT2D eigenvalue weighted by Crippen LogP contribution is -2.56. The van der Waals surface area contributed by atoms with Crippen LogP contribution in [0.2, 0.25) is 0 Å². The van der Waals surface area contributed by atoms with E-state index in [1.54, 1.807) is 0 Å². The molecule has 3 heteroatoms. The van der Waals surface area contributed by atoms with E-state index in [0.717, 1.165) is 12.8 Å². The van der Waals surface area contributed by atoms with Crippen molar-refractivity contribution in [1.29, 1.82) is 0 Å². The number of hydrogen-bond acceptors (Lipinski definition) is 3. The molecule has 0 bridgehead atoms. The molecule has 1 saturated carbocycles. The van der Waals surface area contributed by atoms with Crippen molar-refractivity contribution in [1.82, 2.24) is 0 Å². The Hall–Kier alpha value is -0.120. The van der Waals surface area contributed by atoms with E-state index in [1.807, 2.05) is 0 Å². The first-order valence-corrected chi connectivity index (χ1v) is 5.97. The number of hydrogen-bond donors (Lipinski definition) is 1. The molecule has 1 N–H and O–H groups in total. The van der Waals surface area contributed by atoms with Crippen molar-refractivity contribution in [2.75, 3.05) is 6.61 Å². The van der Waals surface area contributed by atoms with Crippen LogP contribution in [0.4, 0.5) is 0 Å². The van der Waals surface area contributed by atoms with Crippen LogP contribution in [0.1, 0.15) is 47.0 Å². The molecule has 1 aliphatic carbocycles. The van der Waals surface area contributed by atoms with Crippen molar-refractivity contribution in [2.24, 2.45) is 0 Å². The van der Waals surface area contributed by atoms with Crippen LogP contribution in [0.25, 0.3) is 0 Å². The Morgan fingerprint density at radius 2 is 2.00 bits per heavy atom. The van der Waals surface area contributed by atoms with E-state index < -0.39 is 0 Å². The summed E-state index contributed by atoms with van der Waals surface area (Å²) >= 11 is 0. The quantitative estimate of drug-likeness (QED) is 0.739. The SMILES string of the molecule is CCCOC1C(O)CC1OC(C)(C)CC. The number of rotatable bonds is 6. The van der Waals surface area contributed by atoms with Gasteiger partial charge in [-0.25, -0.2) is 0 Å². The van der Waals surface area contributed by atoms with Crippen molar-refractivity contribution in [3.8, 4) is 0 Å². The molecule has 0 aromatic rings. The molecule has 0 radical (unpaired) electrons. The fourth-order valence-electron chi connectivity index (χ4n) is 1.64. The van der Waals surface area contributed by atoms with Gasteiger partial charge in [-0.2, -0.15) is 0 Å². The zero-order valence-corrected chi connectivity index (χ0v) is 10.3. The highest BCUT2D eigenvalue weighted by atomic mass is 16.6. The van der Waals surface area contributed by atoms with Crippen LogP contribution < -0.4 is 0 Å². The van der Waals surface area contributed by atoms with Gasteiger partial charge in [0.25, 0.3) is 0 Å². The molecule has 0 aromatic heterocycles. The molecule has 0 saturated heterocycles. The summed E-state index contributed by atoms with van der Waals surface area (Å²) < 4.78 is 11.5. The first-order chi connectivity index (χ1) is 7.00. The van der Waals surface area contributed by atoms with Gasteiger partial charge in [0.2, 0.25) is 0 Å². The molecule has 1 fully saturated rings. The number of aliphatic hydroxyl groups excluding tert-OH is 1. The fourth-order valence-corrected chi connectivity index (χ4v) is 1.64. The van der Waals surface area contributed by atoms with Gasteiger partial charge in [-0.05, 0) is 26.7 Å². The van der Waals surface area contributed by atoms with Gasteiger partial charge in [0.05, 0.1) is 17.8 Å². The molecule has 3 nitrogen and oxygen atoms in total. The van der Waals surface area contributed by atoms with E-state index in [2.05, 4.69) is 27.7 Å². The second-order valence-electron chi connectivity index (χ2n) is 4.91. The highest BCUT2D eigenvalue weighted by Crippen LogP contribution is 2.31. The van der Waals surface area contributed by atoms with Gasteiger partial charge in [-0.3, -0.25) is 0 Å². The van der Waals surface area contributed by atoms with Crippen molar-refractivity contribution in [3.05, 3.63) is 0 Å². The molecule has 3 unspecified atom stereocenters. The summed E-state index contributed by atoms with van der Waals surface area (Å²) in [7, 11) is 0. The summed E-state index contributed by atoms with van der Waals surface area (Å²) in [6.07, 6.45) is 2.27. The lowest BCUT2D eigenvalue weighted by atomic mass is 9.87. The minimum atomic E-state index is -0.339. The second kappa shape index (κ2) is 5.28. The summed E-state index contributed by atoms with van der Waals surface area (Å²) in [6.45, 7) is 9.03. The zero-order valence-electron chi connectivity index (χ0n) is 10.3. The molecule has 0 aromatic carbocycles. The maximum Gasteiger partial charge on any atom is 0.110 e. The highest BCUT2D eigenvalue weighted by Gasteiger charge is 2.43. The molecule has 15 heavy (non-hydrogen) atoms. The normalized spacial score (nSPS) is 31.4. The predicted octanol–water partition coefficient (Wildman–Crippen LogP) is 2.12. The Kier molecular flexibility index (Phi) is 4.56. The molecule has 0 spiro atoms. The van der Waals surface area contributed by atoms with Gasteiger partial charge in [0.1, 0.15) is 6.10 Å². The van der Waals surface area contributed by atoms with E-state index in [1.165, 1.54) is 0 Å². The Labute approximate surface area is 92.8 Å². The standard InChI is InChI=1S/C12H24O3/c1-5-7-14-11-9(13)8-10(11)15-12(3,4)6-2/h9-11,13H,5-8H2,1-4H3. The Morgan fingerprint density at radius 1 is 1.33 bits per heavy atom. The van der Waals surface area contributed by atoms with Gasteiger partial charge in [-0.15, -0.1) is 0 Å². The monoisotopic (exact) mass is 216 g/mol. The molecule has 1 aliphatic rings. The third-order valence-corrected chi connectivity index (χ3v) is 3.06. The van der Waals surface area contributed by atoms with Crippen LogP contribution in [0.3, 0.4) is 0 Å². The van der Waals surface area contributed by atoms with Crippen LogP contribution >= 0.6 is 0 Å². The van der Waals surface area contributed by atoms with E-state index in [9.17, 15) is 5.11 Å². The van der Waals surface area contributed by atoms with Crippen molar-refractivity contribution in [2.45, 2.75) is 70.9 Å². The first-order valence-electron chi connectivity index (χ1n) is 5.97. The molecular formula is C12H24O3. The molecule has 90 valence electrons. The van der Waals surface area contributed by atoms with Crippen molar-refractivity contribution in [3.63, 3.8) is 0 Å². The smallest absolute Gasteiger partial charge is 0.110 e. The fraction of sp³-hybridized carbons (Fsp3) is 1.00. The molecular weight excluding hydrogens is 192 g/mol. The van der Waals surface area contributed by atoms with Gasteiger partial charge in [-0.1, -0.05) is 13.8 Å². The van der Waals surface area contributed by atoms with E-state index in [-0.39, 0.29) is 23.9 Å². The van der Waals surface area contributed by atoms with Crippen LogP contribution in [0.15, 0.2) is 0 Å². The predicted molar refractivity (Wildman–Crippen MR) is 59.9 cm³/mol. The summed E-state index contributed by atoms with van der Waals surface area (Å²) in [5.74, 6) is 0. The average Bonchev–Trinajstić information content (AvgIpc) is 2.17. The summed E-state index contributed by atoms with van der Waals surface area (Å²) in [5, 5.41) is 9.57. The maximum absolute atomic E-state index is 9.57. The molecule has 0 amide bonds. The minimum absolute atomic E-state index is 0.0708. The lowest BCUT2D eigenvalue weighted by molar-refractivity contribution is -0.225. The Balaban J connectivity index is 2.36. The second-order valence-corrected chi connectivity index (χ2v) is 4.91. The van der Waals surface area contributed by atoms with Gasteiger partial charge in [0, 0.05) is 13.0 Å². The zero-order chi connectivity index (χ0) is 11.5. The Morgan fingerprint density at radius 3 is 2.47 bits per heavy atom. The largest absolute Gasteiger partial charge is 0.390 e. The third-order valence-electron chi connectivity index (χ3n) is 3.06. The highest BCUT2D eigenvalue weighted by molar-refractivity contribution is 4.93. The molecule has 3 atom stereocenters. The number of ether oxygens (including phenoxy) is 2.